The summed E-state index contributed by atoms with van der Waals surface area (Å²) in [5.74, 6) is 0.482. The van der Waals surface area contributed by atoms with Crippen LogP contribution in [0, 0.1) is 0 Å². The number of anilines is 1. The lowest BCUT2D eigenvalue weighted by Gasteiger charge is -2.06. The van der Waals surface area contributed by atoms with Crippen molar-refractivity contribution in [2.24, 2.45) is 0 Å². The Balaban J connectivity index is 1.56. The summed E-state index contributed by atoms with van der Waals surface area (Å²) in [4.78, 5) is 24.1. The summed E-state index contributed by atoms with van der Waals surface area (Å²) in [6, 6.07) is 4.19. The average Bonchev–Trinajstić information content (AvgIpc) is 3.31. The molecule has 6 heteroatoms. The zero-order chi connectivity index (χ0) is 13.8. The second-order valence-electron chi connectivity index (χ2n) is 4.75. The molecule has 0 aliphatic heterocycles. The van der Waals surface area contributed by atoms with E-state index in [1.54, 1.807) is 18.6 Å². The molecule has 2 aromatic rings. The minimum atomic E-state index is -0.154. The molecule has 6 nitrogen and oxygen atoms in total. The quantitative estimate of drug-likeness (QED) is 0.857. The second kappa shape index (κ2) is 5.64. The summed E-state index contributed by atoms with van der Waals surface area (Å²) in [5, 5.41) is 6.01. The third kappa shape index (κ3) is 3.28. The van der Waals surface area contributed by atoms with Gasteiger partial charge in [-0.05, 0) is 24.5 Å². The van der Waals surface area contributed by atoms with E-state index in [0.29, 0.717) is 24.1 Å². The predicted octanol–water partition coefficient (Wildman–Crippen LogP) is 1.38. The Kier molecular flexibility index (Phi) is 3.54. The molecular weight excluding hydrogens is 254 g/mol. The van der Waals surface area contributed by atoms with Gasteiger partial charge >= 0.3 is 0 Å². The van der Waals surface area contributed by atoms with Gasteiger partial charge in [0.25, 0.3) is 5.91 Å². The SMILES string of the molecule is O=C(NC1CC1)c1cnc(NCc2cccnc2)cn1. The molecule has 102 valence electrons. The van der Waals surface area contributed by atoms with Crippen LogP contribution in [-0.2, 0) is 6.54 Å². The van der Waals surface area contributed by atoms with E-state index in [0.717, 1.165) is 18.4 Å². The van der Waals surface area contributed by atoms with Crippen LogP contribution in [-0.4, -0.2) is 26.9 Å². The average molecular weight is 269 g/mol. The fraction of sp³-hybridized carbons (Fsp3) is 0.286. The largest absolute Gasteiger partial charge is 0.365 e. The molecule has 0 unspecified atom stereocenters. The lowest BCUT2D eigenvalue weighted by atomic mass is 10.3. The van der Waals surface area contributed by atoms with Gasteiger partial charge in [0.15, 0.2) is 0 Å². The van der Waals surface area contributed by atoms with Gasteiger partial charge in [-0.15, -0.1) is 0 Å². The first kappa shape index (κ1) is 12.5. The predicted molar refractivity (Wildman–Crippen MR) is 74.1 cm³/mol. The number of hydrogen-bond donors (Lipinski definition) is 2. The van der Waals surface area contributed by atoms with E-state index < -0.39 is 0 Å². The van der Waals surface area contributed by atoms with Crippen LogP contribution >= 0.6 is 0 Å². The molecule has 1 saturated carbocycles. The molecule has 0 spiro atoms. The first-order valence-corrected chi connectivity index (χ1v) is 6.57. The summed E-state index contributed by atoms with van der Waals surface area (Å²) < 4.78 is 0. The number of carbonyl (C=O) groups excluding carboxylic acids is 1. The molecule has 2 aromatic heterocycles. The normalized spacial score (nSPS) is 13.8. The van der Waals surface area contributed by atoms with Crippen molar-refractivity contribution >= 4 is 11.7 Å². The number of hydrogen-bond acceptors (Lipinski definition) is 5. The Labute approximate surface area is 116 Å². The van der Waals surface area contributed by atoms with Crippen LogP contribution in [0.5, 0.6) is 0 Å². The number of carbonyl (C=O) groups is 1. The minimum absolute atomic E-state index is 0.154. The van der Waals surface area contributed by atoms with Crippen LogP contribution in [0.3, 0.4) is 0 Å². The molecule has 3 rings (SSSR count). The van der Waals surface area contributed by atoms with Crippen molar-refractivity contribution in [3.8, 4) is 0 Å². The van der Waals surface area contributed by atoms with Crippen LogP contribution in [0.2, 0.25) is 0 Å². The Morgan fingerprint density at radius 2 is 2.15 bits per heavy atom. The monoisotopic (exact) mass is 269 g/mol. The number of nitrogens with zero attached hydrogens (tertiary/aromatic N) is 3. The third-order valence-corrected chi connectivity index (χ3v) is 2.99. The zero-order valence-electron chi connectivity index (χ0n) is 10.9. The Morgan fingerprint density at radius 3 is 2.80 bits per heavy atom. The molecule has 0 radical (unpaired) electrons. The summed E-state index contributed by atoms with van der Waals surface area (Å²) >= 11 is 0. The van der Waals surface area contributed by atoms with Gasteiger partial charge in [0.05, 0.1) is 12.4 Å². The molecule has 1 amide bonds. The summed E-state index contributed by atoms with van der Waals surface area (Å²) in [7, 11) is 0. The molecule has 20 heavy (non-hydrogen) atoms. The van der Waals surface area contributed by atoms with Gasteiger partial charge in [0.2, 0.25) is 0 Å². The number of amides is 1. The fourth-order valence-electron chi connectivity index (χ4n) is 1.72. The Morgan fingerprint density at radius 1 is 1.25 bits per heavy atom. The van der Waals surface area contributed by atoms with E-state index >= 15 is 0 Å². The van der Waals surface area contributed by atoms with E-state index in [9.17, 15) is 4.79 Å². The van der Waals surface area contributed by atoms with Gasteiger partial charge in [0.1, 0.15) is 11.5 Å². The number of aromatic nitrogens is 3. The fourth-order valence-corrected chi connectivity index (χ4v) is 1.72. The minimum Gasteiger partial charge on any atom is -0.365 e. The Bertz CT molecular complexity index is 580. The van der Waals surface area contributed by atoms with Crippen LogP contribution in [0.1, 0.15) is 28.9 Å². The van der Waals surface area contributed by atoms with E-state index in [-0.39, 0.29) is 5.91 Å². The lowest BCUT2D eigenvalue weighted by molar-refractivity contribution is 0.0945. The van der Waals surface area contributed by atoms with E-state index in [4.69, 9.17) is 0 Å². The van der Waals surface area contributed by atoms with Crippen molar-refractivity contribution < 1.29 is 4.79 Å². The molecule has 2 N–H and O–H groups in total. The molecule has 1 fully saturated rings. The highest BCUT2D eigenvalue weighted by molar-refractivity contribution is 5.92. The zero-order valence-corrected chi connectivity index (χ0v) is 10.9. The highest BCUT2D eigenvalue weighted by Gasteiger charge is 2.24. The van der Waals surface area contributed by atoms with E-state index in [1.165, 1.54) is 6.20 Å². The van der Waals surface area contributed by atoms with Gasteiger partial charge < -0.3 is 10.6 Å². The maximum absolute atomic E-state index is 11.7. The number of nitrogens with one attached hydrogen (secondary N) is 2. The van der Waals surface area contributed by atoms with Gasteiger partial charge in [-0.2, -0.15) is 0 Å². The van der Waals surface area contributed by atoms with Gasteiger partial charge in [0, 0.05) is 25.0 Å². The molecule has 2 heterocycles. The summed E-state index contributed by atoms with van der Waals surface area (Å²) in [5.41, 5.74) is 1.41. The molecule has 0 atom stereocenters. The van der Waals surface area contributed by atoms with Crippen LogP contribution in [0.25, 0.3) is 0 Å². The van der Waals surface area contributed by atoms with Crippen molar-refractivity contribution in [1.29, 1.82) is 0 Å². The number of rotatable bonds is 5. The van der Waals surface area contributed by atoms with Crippen molar-refractivity contribution in [2.45, 2.75) is 25.4 Å². The summed E-state index contributed by atoms with van der Waals surface area (Å²) in [6.07, 6.45) is 8.70. The topological polar surface area (TPSA) is 79.8 Å². The highest BCUT2D eigenvalue weighted by atomic mass is 16.2. The van der Waals surface area contributed by atoms with Gasteiger partial charge in [-0.25, -0.2) is 9.97 Å². The van der Waals surface area contributed by atoms with Crippen LogP contribution in [0.4, 0.5) is 5.82 Å². The van der Waals surface area contributed by atoms with Crippen molar-refractivity contribution in [3.63, 3.8) is 0 Å². The molecule has 0 bridgehead atoms. The lowest BCUT2D eigenvalue weighted by Crippen LogP contribution is -2.26. The molecule has 0 aromatic carbocycles. The molecule has 1 aliphatic carbocycles. The van der Waals surface area contributed by atoms with Gasteiger partial charge in [-0.3, -0.25) is 9.78 Å². The van der Waals surface area contributed by atoms with E-state index in [2.05, 4.69) is 25.6 Å². The molecular formula is C14H15N5O. The highest BCUT2D eigenvalue weighted by Crippen LogP contribution is 2.19. The molecule has 1 aliphatic rings. The smallest absolute Gasteiger partial charge is 0.271 e. The second-order valence-corrected chi connectivity index (χ2v) is 4.75. The summed E-state index contributed by atoms with van der Waals surface area (Å²) in [6.45, 7) is 0.621. The van der Waals surface area contributed by atoms with Gasteiger partial charge in [-0.1, -0.05) is 6.07 Å². The first-order valence-electron chi connectivity index (χ1n) is 6.57. The van der Waals surface area contributed by atoms with Crippen molar-refractivity contribution in [1.82, 2.24) is 20.3 Å². The maximum atomic E-state index is 11.7. The van der Waals surface area contributed by atoms with E-state index in [1.807, 2.05) is 12.1 Å². The van der Waals surface area contributed by atoms with Crippen LogP contribution < -0.4 is 10.6 Å². The first-order chi connectivity index (χ1) is 9.81. The van der Waals surface area contributed by atoms with Crippen molar-refractivity contribution in [3.05, 3.63) is 48.2 Å². The number of pyridine rings is 1. The Hall–Kier alpha value is -2.50. The van der Waals surface area contributed by atoms with Crippen molar-refractivity contribution in [2.75, 3.05) is 5.32 Å². The molecule has 0 saturated heterocycles. The third-order valence-electron chi connectivity index (χ3n) is 2.99. The maximum Gasteiger partial charge on any atom is 0.271 e. The standard InChI is InChI=1S/C14H15N5O/c20-14(19-11-3-4-11)12-8-18-13(9-16-12)17-7-10-2-1-5-15-6-10/h1-2,5-6,8-9,11H,3-4,7H2,(H,17,18)(H,19,20). The van der Waals surface area contributed by atoms with Crippen LogP contribution in [0.15, 0.2) is 36.9 Å².